The first-order valence-corrected chi connectivity index (χ1v) is 6.82. The first-order chi connectivity index (χ1) is 9.60. The maximum absolute atomic E-state index is 6.05. The Bertz CT molecular complexity index is 618. The van der Waals surface area contributed by atoms with Gasteiger partial charge in [0.2, 0.25) is 0 Å². The van der Waals surface area contributed by atoms with Crippen LogP contribution in [0.2, 0.25) is 5.02 Å². The summed E-state index contributed by atoms with van der Waals surface area (Å²) < 4.78 is 0. The van der Waals surface area contributed by atoms with E-state index in [2.05, 4.69) is 22.8 Å². The van der Waals surface area contributed by atoms with E-state index in [1.165, 1.54) is 5.56 Å². The molecule has 0 aromatic heterocycles. The molecule has 2 aromatic carbocycles. The van der Waals surface area contributed by atoms with Crippen LogP contribution in [0, 0.1) is 6.92 Å². The number of nitrogens with zero attached hydrogens (tertiary/aromatic N) is 1. The molecule has 2 N–H and O–H groups in total. The van der Waals surface area contributed by atoms with Crippen molar-refractivity contribution in [3.8, 4) is 0 Å². The zero-order chi connectivity index (χ0) is 14.5. The molecule has 2 rings (SSSR count). The van der Waals surface area contributed by atoms with Crippen molar-refractivity contribution in [3.05, 3.63) is 58.6 Å². The van der Waals surface area contributed by atoms with E-state index >= 15 is 0 Å². The number of hydrogen-bond donors (Lipinski definition) is 2. The van der Waals surface area contributed by atoms with E-state index < -0.39 is 0 Å². The lowest BCUT2D eigenvalue weighted by atomic mass is 10.1. The largest absolute Gasteiger partial charge is 0.388 e. The van der Waals surface area contributed by atoms with Gasteiger partial charge in [-0.1, -0.05) is 29.3 Å². The topological polar surface area (TPSA) is 36.4 Å². The van der Waals surface area contributed by atoms with E-state index in [-0.39, 0.29) is 0 Å². The van der Waals surface area contributed by atoms with Crippen LogP contribution in [-0.4, -0.2) is 12.8 Å². The highest BCUT2D eigenvalue weighted by atomic mass is 35.5. The summed E-state index contributed by atoms with van der Waals surface area (Å²) in [6.45, 7) is 4.01. The van der Waals surface area contributed by atoms with Crippen LogP contribution in [0.4, 0.5) is 11.4 Å². The fourth-order valence-electron chi connectivity index (χ4n) is 1.87. The number of aryl methyl sites for hydroxylation is 1. The highest BCUT2D eigenvalue weighted by Crippen LogP contribution is 2.21. The summed E-state index contributed by atoms with van der Waals surface area (Å²) in [7, 11) is 1.88. The Balaban J connectivity index is 2.22. The van der Waals surface area contributed by atoms with Crippen molar-refractivity contribution in [3.63, 3.8) is 0 Å². The van der Waals surface area contributed by atoms with Gasteiger partial charge in [-0.15, -0.1) is 0 Å². The van der Waals surface area contributed by atoms with Gasteiger partial charge in [-0.3, -0.25) is 5.43 Å². The average Bonchev–Trinajstić information content (AvgIpc) is 2.46. The Morgan fingerprint density at radius 2 is 1.80 bits per heavy atom. The first kappa shape index (κ1) is 14.4. The van der Waals surface area contributed by atoms with Crippen LogP contribution in [0.5, 0.6) is 0 Å². The fraction of sp³-hybridized carbons (Fsp3) is 0.188. The van der Waals surface area contributed by atoms with Gasteiger partial charge >= 0.3 is 0 Å². The Morgan fingerprint density at radius 3 is 2.45 bits per heavy atom. The second kappa shape index (κ2) is 6.44. The van der Waals surface area contributed by atoms with Gasteiger partial charge in [-0.2, -0.15) is 5.10 Å². The van der Waals surface area contributed by atoms with Gasteiger partial charge in [-0.05, 0) is 44.2 Å². The average molecular weight is 288 g/mol. The van der Waals surface area contributed by atoms with Crippen LogP contribution in [0.25, 0.3) is 0 Å². The maximum Gasteiger partial charge on any atom is 0.0669 e. The number of hydrazone groups is 1. The number of anilines is 2. The summed E-state index contributed by atoms with van der Waals surface area (Å²) in [6, 6.07) is 13.8. The molecule has 0 bridgehead atoms. The minimum atomic E-state index is 0.698. The summed E-state index contributed by atoms with van der Waals surface area (Å²) in [5.74, 6) is 0. The van der Waals surface area contributed by atoms with Crippen molar-refractivity contribution in [2.24, 2.45) is 5.10 Å². The summed E-state index contributed by atoms with van der Waals surface area (Å²) >= 11 is 6.05. The molecule has 4 heteroatoms. The van der Waals surface area contributed by atoms with E-state index in [9.17, 15) is 0 Å². The third-order valence-electron chi connectivity index (χ3n) is 3.05. The maximum atomic E-state index is 6.05. The molecule has 0 aliphatic rings. The van der Waals surface area contributed by atoms with Crippen molar-refractivity contribution in [1.82, 2.24) is 0 Å². The Kier molecular flexibility index (Phi) is 4.64. The molecule has 0 saturated carbocycles. The normalized spacial score (nSPS) is 11.3. The minimum Gasteiger partial charge on any atom is -0.388 e. The van der Waals surface area contributed by atoms with Gasteiger partial charge < -0.3 is 5.32 Å². The molecule has 0 aliphatic carbocycles. The fourth-order valence-corrected chi connectivity index (χ4v) is 2.04. The second-order valence-corrected chi connectivity index (χ2v) is 5.05. The molecule has 0 amide bonds. The van der Waals surface area contributed by atoms with Crippen LogP contribution >= 0.6 is 11.6 Å². The SMILES string of the molecule is CNc1ccc(Cl)cc1/C(C)=N/Nc1ccc(C)cc1. The predicted octanol–water partition coefficient (Wildman–Crippen LogP) is 4.53. The van der Waals surface area contributed by atoms with Crippen molar-refractivity contribution in [2.75, 3.05) is 17.8 Å². The number of hydrogen-bond acceptors (Lipinski definition) is 3. The zero-order valence-electron chi connectivity index (χ0n) is 11.9. The van der Waals surface area contributed by atoms with Gasteiger partial charge in [-0.25, -0.2) is 0 Å². The van der Waals surface area contributed by atoms with Crippen molar-refractivity contribution < 1.29 is 0 Å². The summed E-state index contributed by atoms with van der Waals surface area (Å²) in [4.78, 5) is 0. The van der Waals surface area contributed by atoms with E-state index in [1.807, 2.05) is 56.4 Å². The van der Waals surface area contributed by atoms with Crippen LogP contribution in [-0.2, 0) is 0 Å². The standard InChI is InChI=1S/C16H18ClN3/c1-11-4-7-14(8-5-11)20-19-12(2)15-10-13(17)6-9-16(15)18-3/h4-10,18,20H,1-3H3/b19-12+. The highest BCUT2D eigenvalue weighted by Gasteiger charge is 2.05. The Morgan fingerprint density at radius 1 is 1.10 bits per heavy atom. The second-order valence-electron chi connectivity index (χ2n) is 4.61. The smallest absolute Gasteiger partial charge is 0.0669 e. The van der Waals surface area contributed by atoms with Crippen LogP contribution < -0.4 is 10.7 Å². The molecule has 0 heterocycles. The molecule has 2 aromatic rings. The molecule has 0 radical (unpaired) electrons. The lowest BCUT2D eigenvalue weighted by Crippen LogP contribution is -2.04. The molecule has 0 aliphatic heterocycles. The van der Waals surface area contributed by atoms with Crippen molar-refractivity contribution >= 4 is 28.7 Å². The monoisotopic (exact) mass is 287 g/mol. The van der Waals surface area contributed by atoms with Crippen molar-refractivity contribution in [2.45, 2.75) is 13.8 Å². The number of benzene rings is 2. The molecule has 0 unspecified atom stereocenters. The minimum absolute atomic E-state index is 0.698. The highest BCUT2D eigenvalue weighted by molar-refractivity contribution is 6.31. The molecule has 104 valence electrons. The number of nitrogens with one attached hydrogen (secondary N) is 2. The molecule has 0 saturated heterocycles. The molecule has 0 fully saturated rings. The van der Waals surface area contributed by atoms with E-state index in [0.29, 0.717) is 5.02 Å². The third kappa shape index (κ3) is 3.52. The van der Waals surface area contributed by atoms with Gasteiger partial charge in [0.05, 0.1) is 11.4 Å². The molecular weight excluding hydrogens is 270 g/mol. The lowest BCUT2D eigenvalue weighted by molar-refractivity contribution is 1.31. The molecule has 20 heavy (non-hydrogen) atoms. The van der Waals surface area contributed by atoms with Gasteiger partial charge in [0.1, 0.15) is 0 Å². The Hall–Kier alpha value is -2.00. The quantitative estimate of drug-likeness (QED) is 0.640. The molecule has 0 atom stereocenters. The van der Waals surface area contributed by atoms with Crippen LogP contribution in [0.15, 0.2) is 47.6 Å². The lowest BCUT2D eigenvalue weighted by Gasteiger charge is -2.10. The van der Waals surface area contributed by atoms with E-state index in [0.717, 1.165) is 22.6 Å². The Labute approximate surface area is 124 Å². The molecule has 3 nitrogen and oxygen atoms in total. The van der Waals surface area contributed by atoms with Gasteiger partial charge in [0.15, 0.2) is 0 Å². The molecular formula is C16H18ClN3. The summed E-state index contributed by atoms with van der Waals surface area (Å²) in [5, 5.41) is 8.25. The predicted molar refractivity (Wildman–Crippen MR) is 88.0 cm³/mol. The van der Waals surface area contributed by atoms with Crippen LogP contribution in [0.3, 0.4) is 0 Å². The van der Waals surface area contributed by atoms with Gasteiger partial charge in [0, 0.05) is 23.3 Å². The summed E-state index contributed by atoms with van der Waals surface area (Å²) in [5.41, 5.74) is 8.10. The number of rotatable bonds is 4. The zero-order valence-corrected chi connectivity index (χ0v) is 12.6. The van der Waals surface area contributed by atoms with E-state index in [1.54, 1.807) is 0 Å². The summed E-state index contributed by atoms with van der Waals surface area (Å²) in [6.07, 6.45) is 0. The van der Waals surface area contributed by atoms with Gasteiger partial charge in [0.25, 0.3) is 0 Å². The number of halogens is 1. The third-order valence-corrected chi connectivity index (χ3v) is 3.28. The first-order valence-electron chi connectivity index (χ1n) is 6.45. The van der Waals surface area contributed by atoms with Crippen molar-refractivity contribution in [1.29, 1.82) is 0 Å². The van der Waals surface area contributed by atoms with E-state index in [4.69, 9.17) is 11.6 Å². The molecule has 0 spiro atoms. The van der Waals surface area contributed by atoms with Crippen LogP contribution in [0.1, 0.15) is 18.1 Å².